The van der Waals surface area contributed by atoms with Gasteiger partial charge in [-0.15, -0.1) is 0 Å². The van der Waals surface area contributed by atoms with Crippen molar-refractivity contribution in [2.75, 3.05) is 6.54 Å². The molecule has 114 valence electrons. The Morgan fingerprint density at radius 3 is 1.74 bits per heavy atom. The number of quaternary nitrogens is 1. The van der Waals surface area contributed by atoms with Crippen molar-refractivity contribution in [3.05, 3.63) is 0 Å². The summed E-state index contributed by atoms with van der Waals surface area (Å²) < 4.78 is 0. The quantitative estimate of drug-likeness (QED) is 0.491. The lowest BCUT2D eigenvalue weighted by molar-refractivity contribution is -0.680. The summed E-state index contributed by atoms with van der Waals surface area (Å²) in [4.78, 5) is 10.5. The van der Waals surface area contributed by atoms with Crippen molar-refractivity contribution >= 4 is 5.97 Å². The SMILES string of the molecule is CCCCCCCCCCCCC[NH2+]C(C)C(=O)[O-]. The number of carbonyl (C=O) groups excluding carboxylic acids is 1. The second-order valence-corrected chi connectivity index (χ2v) is 5.67. The normalized spacial score (nSPS) is 12.5. The van der Waals surface area contributed by atoms with Crippen molar-refractivity contribution in [2.24, 2.45) is 0 Å². The van der Waals surface area contributed by atoms with Gasteiger partial charge in [0.15, 0.2) is 0 Å². The molecule has 0 saturated heterocycles. The fraction of sp³-hybridized carbons (Fsp3) is 0.938. The van der Waals surface area contributed by atoms with E-state index in [2.05, 4.69) is 6.92 Å². The van der Waals surface area contributed by atoms with Gasteiger partial charge in [0.05, 0.1) is 12.5 Å². The fourth-order valence-electron chi connectivity index (χ4n) is 2.27. The highest BCUT2D eigenvalue weighted by Crippen LogP contribution is 2.10. The molecule has 0 aliphatic heterocycles. The minimum Gasteiger partial charge on any atom is -0.544 e. The number of unbranched alkanes of at least 4 members (excludes halogenated alkanes) is 10. The molecule has 0 aromatic heterocycles. The third-order valence-corrected chi connectivity index (χ3v) is 3.70. The molecule has 19 heavy (non-hydrogen) atoms. The van der Waals surface area contributed by atoms with Crippen LogP contribution in [0.15, 0.2) is 0 Å². The molecule has 0 rings (SSSR count). The zero-order valence-electron chi connectivity index (χ0n) is 13.0. The summed E-state index contributed by atoms with van der Waals surface area (Å²) in [5, 5.41) is 12.4. The summed E-state index contributed by atoms with van der Waals surface area (Å²) in [5.74, 6) is -0.955. The fourth-order valence-corrected chi connectivity index (χ4v) is 2.27. The second kappa shape index (κ2) is 13.9. The minimum absolute atomic E-state index is 0.400. The van der Waals surface area contributed by atoms with E-state index in [-0.39, 0.29) is 0 Å². The molecule has 0 bridgehead atoms. The van der Waals surface area contributed by atoms with Crippen LogP contribution in [-0.4, -0.2) is 18.6 Å². The van der Waals surface area contributed by atoms with Gasteiger partial charge < -0.3 is 15.2 Å². The molecule has 0 saturated carbocycles. The summed E-state index contributed by atoms with van der Waals surface area (Å²) in [6, 6.07) is -0.400. The highest BCUT2D eigenvalue weighted by Gasteiger charge is 2.03. The molecule has 0 amide bonds. The highest BCUT2D eigenvalue weighted by atomic mass is 16.4. The molecule has 2 N–H and O–H groups in total. The largest absolute Gasteiger partial charge is 0.544 e. The zero-order chi connectivity index (χ0) is 14.3. The first-order chi connectivity index (χ1) is 9.18. The van der Waals surface area contributed by atoms with Crippen molar-refractivity contribution in [2.45, 2.75) is 90.5 Å². The molecular formula is C16H33NO2. The van der Waals surface area contributed by atoms with Crippen LogP contribution >= 0.6 is 0 Å². The number of carboxylic acids is 1. The van der Waals surface area contributed by atoms with Crippen LogP contribution in [-0.2, 0) is 4.79 Å². The highest BCUT2D eigenvalue weighted by molar-refractivity contribution is 5.68. The Labute approximate surface area is 119 Å². The Morgan fingerprint density at radius 1 is 0.895 bits per heavy atom. The monoisotopic (exact) mass is 271 g/mol. The lowest BCUT2D eigenvalue weighted by Crippen LogP contribution is -2.92. The van der Waals surface area contributed by atoms with E-state index in [1.807, 2.05) is 5.32 Å². The maximum Gasteiger partial charge on any atom is 0.123 e. The van der Waals surface area contributed by atoms with Gasteiger partial charge in [-0.05, 0) is 19.8 Å². The lowest BCUT2D eigenvalue weighted by atomic mass is 10.1. The van der Waals surface area contributed by atoms with Gasteiger partial charge in [0.25, 0.3) is 0 Å². The predicted octanol–water partition coefficient (Wildman–Crippen LogP) is 2.00. The molecule has 0 spiro atoms. The van der Waals surface area contributed by atoms with Crippen LogP contribution in [0.3, 0.4) is 0 Å². The molecule has 3 heteroatoms. The molecule has 0 aromatic rings. The van der Waals surface area contributed by atoms with Gasteiger partial charge in [-0.3, -0.25) is 0 Å². The Balaban J connectivity index is 3.05. The Hall–Kier alpha value is -0.570. The zero-order valence-corrected chi connectivity index (χ0v) is 13.0. The number of aliphatic carboxylic acids is 1. The third-order valence-electron chi connectivity index (χ3n) is 3.70. The van der Waals surface area contributed by atoms with Gasteiger partial charge in [-0.25, -0.2) is 0 Å². The molecule has 0 radical (unpaired) electrons. The Morgan fingerprint density at radius 2 is 1.32 bits per heavy atom. The number of nitrogens with two attached hydrogens (primary N) is 1. The summed E-state index contributed by atoms with van der Waals surface area (Å²) >= 11 is 0. The van der Waals surface area contributed by atoms with Gasteiger partial charge >= 0.3 is 0 Å². The van der Waals surface area contributed by atoms with Crippen LogP contribution in [0.1, 0.15) is 84.5 Å². The van der Waals surface area contributed by atoms with E-state index in [9.17, 15) is 9.90 Å². The average Bonchev–Trinajstić information content (AvgIpc) is 2.39. The maximum absolute atomic E-state index is 10.5. The van der Waals surface area contributed by atoms with E-state index >= 15 is 0 Å². The van der Waals surface area contributed by atoms with Crippen molar-refractivity contribution < 1.29 is 15.2 Å². The first kappa shape index (κ1) is 18.4. The van der Waals surface area contributed by atoms with Gasteiger partial charge in [0.2, 0.25) is 0 Å². The molecule has 0 aliphatic carbocycles. The summed E-state index contributed by atoms with van der Waals surface area (Å²) in [5.41, 5.74) is 0. The topological polar surface area (TPSA) is 56.7 Å². The van der Waals surface area contributed by atoms with Crippen LogP contribution in [0.25, 0.3) is 0 Å². The summed E-state index contributed by atoms with van der Waals surface area (Å²) in [6.07, 6.45) is 14.7. The number of carbonyl (C=O) groups is 1. The van der Waals surface area contributed by atoms with Crippen LogP contribution in [0, 0.1) is 0 Å². The third kappa shape index (κ3) is 13.7. The van der Waals surface area contributed by atoms with Crippen molar-refractivity contribution in [3.63, 3.8) is 0 Å². The molecular weight excluding hydrogens is 238 g/mol. The van der Waals surface area contributed by atoms with E-state index in [1.165, 1.54) is 64.2 Å². The number of hydrogen-bond acceptors (Lipinski definition) is 2. The van der Waals surface area contributed by atoms with E-state index in [0.29, 0.717) is 0 Å². The van der Waals surface area contributed by atoms with E-state index in [0.717, 1.165) is 13.0 Å². The van der Waals surface area contributed by atoms with Crippen molar-refractivity contribution in [1.29, 1.82) is 0 Å². The van der Waals surface area contributed by atoms with Gasteiger partial charge in [0.1, 0.15) is 6.04 Å². The summed E-state index contributed by atoms with van der Waals surface area (Å²) in [6.45, 7) is 4.85. The van der Waals surface area contributed by atoms with Crippen molar-refractivity contribution in [3.8, 4) is 0 Å². The predicted molar refractivity (Wildman–Crippen MR) is 77.7 cm³/mol. The van der Waals surface area contributed by atoms with Crippen LogP contribution in [0.5, 0.6) is 0 Å². The standard InChI is InChI=1S/C16H33NO2/c1-3-4-5-6-7-8-9-10-11-12-13-14-17-15(2)16(18)19/h15,17H,3-14H2,1-2H3,(H,18,19). The maximum atomic E-state index is 10.5. The molecule has 0 fully saturated rings. The van der Waals surface area contributed by atoms with Crippen LogP contribution in [0.2, 0.25) is 0 Å². The van der Waals surface area contributed by atoms with E-state index in [1.54, 1.807) is 6.92 Å². The van der Waals surface area contributed by atoms with E-state index < -0.39 is 12.0 Å². The van der Waals surface area contributed by atoms with Crippen molar-refractivity contribution in [1.82, 2.24) is 0 Å². The van der Waals surface area contributed by atoms with E-state index in [4.69, 9.17) is 0 Å². The molecule has 1 unspecified atom stereocenters. The average molecular weight is 271 g/mol. The molecule has 0 aliphatic rings. The number of carboxylic acid groups (broad SMARTS) is 1. The molecule has 0 heterocycles. The Kier molecular flexibility index (Phi) is 13.4. The number of hydrogen-bond donors (Lipinski definition) is 1. The first-order valence-corrected chi connectivity index (χ1v) is 8.22. The number of rotatable bonds is 14. The first-order valence-electron chi connectivity index (χ1n) is 8.22. The second-order valence-electron chi connectivity index (χ2n) is 5.67. The Bertz CT molecular complexity index is 207. The van der Waals surface area contributed by atoms with Gasteiger partial charge in [-0.2, -0.15) is 0 Å². The minimum atomic E-state index is -0.955. The molecule has 0 aromatic carbocycles. The van der Waals surface area contributed by atoms with Gasteiger partial charge in [-0.1, -0.05) is 64.7 Å². The van der Waals surface area contributed by atoms with Gasteiger partial charge in [0, 0.05) is 0 Å². The smallest absolute Gasteiger partial charge is 0.123 e. The molecule has 1 atom stereocenters. The van der Waals surface area contributed by atoms with Crippen LogP contribution < -0.4 is 10.4 Å². The lowest BCUT2D eigenvalue weighted by Gasteiger charge is -2.10. The van der Waals surface area contributed by atoms with Crippen LogP contribution in [0.4, 0.5) is 0 Å². The summed E-state index contributed by atoms with van der Waals surface area (Å²) in [7, 11) is 0. The molecule has 3 nitrogen and oxygen atoms in total.